The van der Waals surface area contributed by atoms with Crippen molar-refractivity contribution >= 4 is 6.41 Å². The Bertz CT molecular complexity index is 501. The Kier molecular flexibility index (Phi) is 2.95. The average molecular weight is 285 g/mol. The maximum Gasteiger partial charge on any atom is 0.434 e. The molecule has 20 heavy (non-hydrogen) atoms. The van der Waals surface area contributed by atoms with Gasteiger partial charge in [-0.15, -0.1) is 0 Å². The number of hydrogen-bond acceptors (Lipinski definition) is 3. The van der Waals surface area contributed by atoms with E-state index in [0.29, 0.717) is 18.0 Å². The van der Waals surface area contributed by atoms with E-state index in [-0.39, 0.29) is 5.41 Å². The summed E-state index contributed by atoms with van der Waals surface area (Å²) in [6.07, 6.45) is 1.12. The van der Waals surface area contributed by atoms with Crippen LogP contribution < -0.4 is 0 Å². The SMILES string of the molecule is O=CN1CC2(CC(Cc3cnc(C(F)(F)F)cn3)C2)C1. The zero-order chi connectivity index (χ0) is 14.4. The number of rotatable bonds is 3. The van der Waals surface area contributed by atoms with Crippen molar-refractivity contribution in [3.8, 4) is 0 Å². The molecule has 2 fully saturated rings. The fourth-order valence-electron chi connectivity index (χ4n) is 3.36. The van der Waals surface area contributed by atoms with Crippen molar-refractivity contribution < 1.29 is 18.0 Å². The number of amides is 1. The van der Waals surface area contributed by atoms with E-state index in [4.69, 9.17) is 0 Å². The van der Waals surface area contributed by atoms with Crippen LogP contribution in [0.3, 0.4) is 0 Å². The summed E-state index contributed by atoms with van der Waals surface area (Å²) in [5, 5.41) is 0. The number of likely N-dealkylation sites (tertiary alicyclic amines) is 1. The van der Waals surface area contributed by atoms with Gasteiger partial charge in [-0.25, -0.2) is 4.98 Å². The monoisotopic (exact) mass is 285 g/mol. The zero-order valence-corrected chi connectivity index (χ0v) is 10.7. The van der Waals surface area contributed by atoms with E-state index < -0.39 is 11.9 Å². The van der Waals surface area contributed by atoms with Crippen molar-refractivity contribution in [1.29, 1.82) is 0 Å². The zero-order valence-electron chi connectivity index (χ0n) is 10.7. The molecule has 2 heterocycles. The van der Waals surface area contributed by atoms with Crippen molar-refractivity contribution in [2.24, 2.45) is 11.3 Å². The van der Waals surface area contributed by atoms with E-state index in [1.807, 2.05) is 0 Å². The Morgan fingerprint density at radius 3 is 2.50 bits per heavy atom. The lowest BCUT2D eigenvalue weighted by Crippen LogP contribution is -2.61. The molecular weight excluding hydrogens is 271 g/mol. The largest absolute Gasteiger partial charge is 0.434 e. The summed E-state index contributed by atoms with van der Waals surface area (Å²) in [6.45, 7) is 1.62. The number of hydrogen-bond donors (Lipinski definition) is 0. The van der Waals surface area contributed by atoms with Crippen LogP contribution >= 0.6 is 0 Å². The molecule has 2 aliphatic rings. The Balaban J connectivity index is 1.52. The number of halogens is 3. The minimum Gasteiger partial charge on any atom is -0.344 e. The van der Waals surface area contributed by atoms with Crippen LogP contribution in [0, 0.1) is 11.3 Å². The second-order valence-electron chi connectivity index (χ2n) is 5.88. The van der Waals surface area contributed by atoms with Crippen LogP contribution in [0.4, 0.5) is 13.2 Å². The minimum absolute atomic E-state index is 0.269. The fourth-order valence-corrected chi connectivity index (χ4v) is 3.36. The van der Waals surface area contributed by atoms with Crippen LogP contribution in [0.1, 0.15) is 24.2 Å². The van der Waals surface area contributed by atoms with E-state index >= 15 is 0 Å². The molecule has 0 bridgehead atoms. The van der Waals surface area contributed by atoms with E-state index in [2.05, 4.69) is 9.97 Å². The number of aromatic nitrogens is 2. The van der Waals surface area contributed by atoms with Gasteiger partial charge in [-0.2, -0.15) is 13.2 Å². The van der Waals surface area contributed by atoms with Gasteiger partial charge in [-0.1, -0.05) is 0 Å². The molecule has 4 nitrogen and oxygen atoms in total. The molecule has 1 aliphatic heterocycles. The molecule has 0 atom stereocenters. The Labute approximate surface area is 114 Å². The maximum absolute atomic E-state index is 12.3. The van der Waals surface area contributed by atoms with E-state index in [9.17, 15) is 18.0 Å². The van der Waals surface area contributed by atoms with Crippen molar-refractivity contribution in [2.45, 2.75) is 25.4 Å². The Morgan fingerprint density at radius 2 is 2.00 bits per heavy atom. The highest BCUT2D eigenvalue weighted by molar-refractivity contribution is 5.49. The van der Waals surface area contributed by atoms with Gasteiger partial charge >= 0.3 is 6.18 Å². The molecule has 1 spiro atoms. The summed E-state index contributed by atoms with van der Waals surface area (Å²) < 4.78 is 37.0. The summed E-state index contributed by atoms with van der Waals surface area (Å²) >= 11 is 0. The first-order chi connectivity index (χ1) is 9.40. The first-order valence-corrected chi connectivity index (χ1v) is 6.48. The van der Waals surface area contributed by atoms with Gasteiger partial charge in [0.2, 0.25) is 6.41 Å². The molecule has 1 saturated carbocycles. The Hall–Kier alpha value is -1.66. The molecule has 108 valence electrons. The van der Waals surface area contributed by atoms with Gasteiger partial charge in [0.05, 0.1) is 11.9 Å². The van der Waals surface area contributed by atoms with Crippen molar-refractivity contribution in [3.05, 3.63) is 23.8 Å². The molecule has 1 aromatic heterocycles. The number of alkyl halides is 3. The predicted molar refractivity (Wildman–Crippen MR) is 63.5 cm³/mol. The summed E-state index contributed by atoms with van der Waals surface area (Å²) in [6, 6.07) is 0. The standard InChI is InChI=1S/C13H14F3N3O/c14-13(15,16)11-5-17-10(4-18-11)1-9-2-12(3-9)6-19(7-12)8-20/h4-5,8-9H,1-3,6-7H2. The van der Waals surface area contributed by atoms with Gasteiger partial charge in [-0.3, -0.25) is 9.78 Å². The third-order valence-corrected chi connectivity index (χ3v) is 4.16. The Morgan fingerprint density at radius 1 is 1.30 bits per heavy atom. The highest BCUT2D eigenvalue weighted by Crippen LogP contribution is 2.52. The first kappa shape index (κ1) is 13.3. The second-order valence-corrected chi connectivity index (χ2v) is 5.88. The molecule has 0 unspecified atom stereocenters. The lowest BCUT2D eigenvalue weighted by atomic mass is 9.57. The van der Waals surface area contributed by atoms with Crippen LogP contribution in [0.15, 0.2) is 12.4 Å². The van der Waals surface area contributed by atoms with Gasteiger partial charge < -0.3 is 4.90 Å². The van der Waals surface area contributed by atoms with Crippen LogP contribution in [0.5, 0.6) is 0 Å². The molecule has 0 radical (unpaired) electrons. The summed E-state index contributed by atoms with van der Waals surface area (Å²) in [4.78, 5) is 19.5. The van der Waals surface area contributed by atoms with Crippen LogP contribution in [-0.4, -0.2) is 34.4 Å². The van der Waals surface area contributed by atoms with Crippen molar-refractivity contribution in [3.63, 3.8) is 0 Å². The van der Waals surface area contributed by atoms with Gasteiger partial charge in [0.15, 0.2) is 5.69 Å². The van der Waals surface area contributed by atoms with Gasteiger partial charge in [-0.05, 0) is 25.2 Å². The topological polar surface area (TPSA) is 46.1 Å². The van der Waals surface area contributed by atoms with Crippen LogP contribution in [-0.2, 0) is 17.4 Å². The van der Waals surface area contributed by atoms with Gasteiger partial charge in [0, 0.05) is 24.7 Å². The molecule has 0 N–H and O–H groups in total. The smallest absolute Gasteiger partial charge is 0.344 e. The third-order valence-electron chi connectivity index (χ3n) is 4.16. The second kappa shape index (κ2) is 4.43. The molecular formula is C13H14F3N3O. The van der Waals surface area contributed by atoms with E-state index in [1.165, 1.54) is 6.20 Å². The molecule has 1 amide bonds. The first-order valence-electron chi connectivity index (χ1n) is 6.48. The normalized spacial score (nSPS) is 21.4. The highest BCUT2D eigenvalue weighted by atomic mass is 19.4. The summed E-state index contributed by atoms with van der Waals surface area (Å²) in [7, 11) is 0. The quantitative estimate of drug-likeness (QED) is 0.797. The molecule has 0 aromatic carbocycles. The van der Waals surface area contributed by atoms with Crippen LogP contribution in [0.25, 0.3) is 0 Å². The maximum atomic E-state index is 12.3. The van der Waals surface area contributed by atoms with Gasteiger partial charge in [0.1, 0.15) is 0 Å². The lowest BCUT2D eigenvalue weighted by molar-refractivity contribution is -0.142. The van der Waals surface area contributed by atoms with Crippen molar-refractivity contribution in [1.82, 2.24) is 14.9 Å². The predicted octanol–water partition coefficient (Wildman–Crippen LogP) is 1.91. The number of carbonyl (C=O) groups is 1. The van der Waals surface area contributed by atoms with E-state index in [0.717, 1.165) is 38.5 Å². The minimum atomic E-state index is -4.43. The third kappa shape index (κ3) is 2.36. The number of carbonyl (C=O) groups excluding carboxylic acids is 1. The lowest BCUT2D eigenvalue weighted by Gasteiger charge is -2.58. The molecule has 1 saturated heterocycles. The number of nitrogens with zero attached hydrogens (tertiary/aromatic N) is 3. The molecule has 3 rings (SSSR count). The van der Waals surface area contributed by atoms with Crippen molar-refractivity contribution in [2.75, 3.05) is 13.1 Å². The summed E-state index contributed by atoms with van der Waals surface area (Å²) in [5.41, 5.74) is -0.0818. The van der Waals surface area contributed by atoms with E-state index in [1.54, 1.807) is 4.90 Å². The molecule has 1 aliphatic carbocycles. The fraction of sp³-hybridized carbons (Fsp3) is 0.615. The molecule has 1 aromatic rings. The highest BCUT2D eigenvalue weighted by Gasteiger charge is 2.51. The van der Waals surface area contributed by atoms with Crippen LogP contribution in [0.2, 0.25) is 0 Å². The van der Waals surface area contributed by atoms with Gasteiger partial charge in [0.25, 0.3) is 0 Å². The summed E-state index contributed by atoms with van der Waals surface area (Å²) in [5.74, 6) is 0.440. The molecule has 7 heteroatoms. The average Bonchev–Trinajstić information content (AvgIpc) is 2.30.